The van der Waals surface area contributed by atoms with Gasteiger partial charge in [0.15, 0.2) is 6.29 Å². The second-order valence-corrected chi connectivity index (χ2v) is 3.61. The standard InChI is InChI=1S/C12H16N2O5/c1-18-10(19-2)7-13-11(16)12(17)14-8-3-5-9(15)6-4-8/h3-6,10,15H,7H2,1-2H3,(H,13,16)(H,14,17). The third-order valence-corrected chi connectivity index (χ3v) is 2.29. The lowest BCUT2D eigenvalue weighted by molar-refractivity contribution is -0.139. The third kappa shape index (κ3) is 4.94. The number of rotatable bonds is 5. The minimum absolute atomic E-state index is 0.0643. The van der Waals surface area contributed by atoms with Gasteiger partial charge in [-0.3, -0.25) is 9.59 Å². The van der Waals surface area contributed by atoms with Crippen LogP contribution in [0, 0.1) is 0 Å². The minimum atomic E-state index is -0.809. The number of hydrogen-bond acceptors (Lipinski definition) is 5. The van der Waals surface area contributed by atoms with Crippen LogP contribution in [-0.2, 0) is 19.1 Å². The Hall–Kier alpha value is -2.12. The summed E-state index contributed by atoms with van der Waals surface area (Å²) < 4.78 is 9.73. The van der Waals surface area contributed by atoms with Crippen molar-refractivity contribution in [2.45, 2.75) is 6.29 Å². The summed E-state index contributed by atoms with van der Waals surface area (Å²) in [6.45, 7) is 0.0643. The van der Waals surface area contributed by atoms with Crippen LogP contribution in [0.2, 0.25) is 0 Å². The Morgan fingerprint density at radius 3 is 2.26 bits per heavy atom. The summed E-state index contributed by atoms with van der Waals surface area (Å²) in [5.74, 6) is -1.53. The molecule has 0 radical (unpaired) electrons. The highest BCUT2D eigenvalue weighted by Crippen LogP contribution is 2.13. The SMILES string of the molecule is COC(CNC(=O)C(=O)Nc1ccc(O)cc1)OC. The molecule has 0 bridgehead atoms. The molecule has 7 heteroatoms. The lowest BCUT2D eigenvalue weighted by Crippen LogP contribution is -2.40. The van der Waals surface area contributed by atoms with Gasteiger partial charge in [-0.05, 0) is 24.3 Å². The molecule has 7 nitrogen and oxygen atoms in total. The van der Waals surface area contributed by atoms with E-state index in [9.17, 15) is 9.59 Å². The molecule has 0 saturated carbocycles. The van der Waals surface area contributed by atoms with Crippen molar-refractivity contribution in [2.75, 3.05) is 26.1 Å². The summed E-state index contributed by atoms with van der Waals surface area (Å²) in [6, 6.07) is 5.76. The van der Waals surface area contributed by atoms with Gasteiger partial charge in [-0.25, -0.2) is 0 Å². The van der Waals surface area contributed by atoms with Gasteiger partial charge in [0.05, 0.1) is 6.54 Å². The molecule has 2 amide bonds. The zero-order valence-corrected chi connectivity index (χ0v) is 10.7. The van der Waals surface area contributed by atoms with Crippen molar-refractivity contribution in [1.29, 1.82) is 0 Å². The fourth-order valence-corrected chi connectivity index (χ4v) is 1.25. The van der Waals surface area contributed by atoms with E-state index in [2.05, 4.69) is 10.6 Å². The van der Waals surface area contributed by atoms with Crippen LogP contribution in [0.1, 0.15) is 0 Å². The minimum Gasteiger partial charge on any atom is -0.508 e. The maximum atomic E-state index is 11.5. The van der Waals surface area contributed by atoms with Crippen LogP contribution in [-0.4, -0.2) is 44.0 Å². The van der Waals surface area contributed by atoms with Gasteiger partial charge in [-0.15, -0.1) is 0 Å². The summed E-state index contributed by atoms with van der Waals surface area (Å²) in [7, 11) is 2.85. The number of benzene rings is 1. The van der Waals surface area contributed by atoms with Gasteiger partial charge in [0.2, 0.25) is 0 Å². The second-order valence-electron chi connectivity index (χ2n) is 3.61. The number of aromatic hydroxyl groups is 1. The molecule has 0 aliphatic heterocycles. The highest BCUT2D eigenvalue weighted by Gasteiger charge is 2.15. The highest BCUT2D eigenvalue weighted by atomic mass is 16.7. The van der Waals surface area contributed by atoms with Crippen molar-refractivity contribution in [2.24, 2.45) is 0 Å². The number of methoxy groups -OCH3 is 2. The topological polar surface area (TPSA) is 96.9 Å². The maximum absolute atomic E-state index is 11.5. The quantitative estimate of drug-likeness (QED) is 0.399. The van der Waals surface area contributed by atoms with E-state index < -0.39 is 18.1 Å². The molecule has 1 rings (SSSR count). The molecule has 0 aliphatic rings. The number of nitrogens with one attached hydrogen (secondary N) is 2. The molecular formula is C12H16N2O5. The first-order valence-corrected chi connectivity index (χ1v) is 5.50. The number of carbonyl (C=O) groups excluding carboxylic acids is 2. The van der Waals surface area contributed by atoms with E-state index in [0.717, 1.165) is 0 Å². The van der Waals surface area contributed by atoms with E-state index in [-0.39, 0.29) is 12.3 Å². The van der Waals surface area contributed by atoms with E-state index in [1.54, 1.807) is 0 Å². The van der Waals surface area contributed by atoms with Crippen LogP contribution in [0.5, 0.6) is 5.75 Å². The monoisotopic (exact) mass is 268 g/mol. The molecule has 0 fully saturated rings. The third-order valence-electron chi connectivity index (χ3n) is 2.29. The number of hydrogen-bond donors (Lipinski definition) is 3. The maximum Gasteiger partial charge on any atom is 0.313 e. The zero-order chi connectivity index (χ0) is 14.3. The molecule has 19 heavy (non-hydrogen) atoms. The van der Waals surface area contributed by atoms with Crippen molar-refractivity contribution in [3.05, 3.63) is 24.3 Å². The Labute approximate surface area is 110 Å². The number of anilines is 1. The van der Waals surface area contributed by atoms with Gasteiger partial charge in [-0.2, -0.15) is 0 Å². The summed E-state index contributed by atoms with van der Waals surface area (Å²) in [6.07, 6.45) is -0.606. The summed E-state index contributed by atoms with van der Waals surface area (Å²) in [5.41, 5.74) is 0.410. The largest absolute Gasteiger partial charge is 0.508 e. The van der Waals surface area contributed by atoms with Crippen molar-refractivity contribution in [3.8, 4) is 5.75 Å². The van der Waals surface area contributed by atoms with Crippen molar-refractivity contribution < 1.29 is 24.2 Å². The molecule has 0 heterocycles. The second kappa shape index (κ2) is 7.34. The number of phenolic OH excluding ortho intramolecular Hbond substituents is 1. The lowest BCUT2D eigenvalue weighted by atomic mass is 10.3. The van der Waals surface area contributed by atoms with Crippen molar-refractivity contribution in [3.63, 3.8) is 0 Å². The van der Waals surface area contributed by atoms with Gasteiger partial charge in [0.25, 0.3) is 0 Å². The molecule has 0 saturated heterocycles. The number of amides is 2. The van der Waals surface area contributed by atoms with Crippen LogP contribution >= 0.6 is 0 Å². The van der Waals surface area contributed by atoms with Crippen LogP contribution in [0.15, 0.2) is 24.3 Å². The lowest BCUT2D eigenvalue weighted by Gasteiger charge is -2.13. The molecule has 0 aromatic heterocycles. The normalized spacial score (nSPS) is 10.3. The average molecular weight is 268 g/mol. The van der Waals surface area contributed by atoms with Crippen LogP contribution in [0.4, 0.5) is 5.69 Å². The first-order chi connectivity index (χ1) is 9.06. The zero-order valence-electron chi connectivity index (χ0n) is 10.7. The van der Waals surface area contributed by atoms with Gasteiger partial charge in [0, 0.05) is 19.9 Å². The molecule has 3 N–H and O–H groups in total. The van der Waals surface area contributed by atoms with Gasteiger partial charge in [-0.1, -0.05) is 0 Å². The fraction of sp³-hybridized carbons (Fsp3) is 0.333. The molecule has 0 aliphatic carbocycles. The molecule has 0 unspecified atom stereocenters. The van der Waals surface area contributed by atoms with Crippen LogP contribution in [0.25, 0.3) is 0 Å². The van der Waals surface area contributed by atoms with Crippen LogP contribution < -0.4 is 10.6 Å². The number of ether oxygens (including phenoxy) is 2. The van der Waals surface area contributed by atoms with Gasteiger partial charge < -0.3 is 25.2 Å². The molecule has 1 aromatic carbocycles. The van der Waals surface area contributed by atoms with E-state index in [1.807, 2.05) is 0 Å². The highest BCUT2D eigenvalue weighted by molar-refractivity contribution is 6.39. The summed E-state index contributed by atoms with van der Waals surface area (Å²) in [5, 5.41) is 13.8. The summed E-state index contributed by atoms with van der Waals surface area (Å²) >= 11 is 0. The molecular weight excluding hydrogens is 252 g/mol. The van der Waals surface area contributed by atoms with E-state index in [0.29, 0.717) is 5.69 Å². The van der Waals surface area contributed by atoms with Gasteiger partial charge >= 0.3 is 11.8 Å². The smallest absolute Gasteiger partial charge is 0.313 e. The predicted octanol–water partition coefficient (Wildman–Crippen LogP) is 0.0658. The Bertz CT molecular complexity index is 428. The van der Waals surface area contributed by atoms with Crippen LogP contribution in [0.3, 0.4) is 0 Å². The first-order valence-electron chi connectivity index (χ1n) is 5.50. The number of phenols is 1. The first kappa shape index (κ1) is 14.9. The molecule has 0 spiro atoms. The Balaban J connectivity index is 2.44. The van der Waals surface area contributed by atoms with E-state index >= 15 is 0 Å². The summed E-state index contributed by atoms with van der Waals surface area (Å²) in [4.78, 5) is 23.0. The van der Waals surface area contributed by atoms with Crippen molar-refractivity contribution >= 4 is 17.5 Å². The van der Waals surface area contributed by atoms with E-state index in [1.165, 1.54) is 38.5 Å². The number of carbonyl (C=O) groups is 2. The molecule has 1 aromatic rings. The fourth-order valence-electron chi connectivity index (χ4n) is 1.25. The predicted molar refractivity (Wildman–Crippen MR) is 67.6 cm³/mol. The van der Waals surface area contributed by atoms with E-state index in [4.69, 9.17) is 14.6 Å². The molecule has 104 valence electrons. The average Bonchev–Trinajstić information content (AvgIpc) is 2.42. The molecule has 0 atom stereocenters. The Kier molecular flexibility index (Phi) is 5.77. The Morgan fingerprint density at radius 2 is 1.74 bits per heavy atom. The van der Waals surface area contributed by atoms with Gasteiger partial charge in [0.1, 0.15) is 5.75 Å². The Morgan fingerprint density at radius 1 is 1.16 bits per heavy atom. The van der Waals surface area contributed by atoms with Crippen molar-refractivity contribution in [1.82, 2.24) is 5.32 Å².